The zero-order valence-electron chi connectivity index (χ0n) is 28.1. The second kappa shape index (κ2) is 11.0. The molecule has 5 aliphatic carbocycles. The molecule has 4 fully saturated rings. The van der Waals surface area contributed by atoms with Crippen molar-refractivity contribution >= 4 is 18.0 Å². The number of carbonyl (C=O) groups is 2. The number of phenols is 1. The Kier molecular flexibility index (Phi) is 7.90. The second-order valence-electron chi connectivity index (χ2n) is 16.7. The maximum atomic E-state index is 13.0. The number of aliphatic hydroxyl groups excluding tert-OH is 1. The van der Waals surface area contributed by atoms with Gasteiger partial charge in [0.05, 0.1) is 18.1 Å². The quantitative estimate of drug-likeness (QED) is 0.175. The van der Waals surface area contributed by atoms with E-state index in [4.69, 9.17) is 4.74 Å². The summed E-state index contributed by atoms with van der Waals surface area (Å²) >= 11 is 0. The number of allylic oxidation sites excluding steroid dienone is 2. The topological polar surface area (TPSA) is 104 Å². The van der Waals surface area contributed by atoms with Crippen molar-refractivity contribution in [1.29, 1.82) is 0 Å². The van der Waals surface area contributed by atoms with Crippen LogP contribution in [0.3, 0.4) is 0 Å². The molecule has 0 aliphatic heterocycles. The van der Waals surface area contributed by atoms with E-state index >= 15 is 0 Å². The summed E-state index contributed by atoms with van der Waals surface area (Å²) in [6.07, 6.45) is 13.1. The number of hydrogen-bond acceptors (Lipinski definition) is 5. The van der Waals surface area contributed by atoms with Crippen molar-refractivity contribution in [2.75, 3.05) is 6.61 Å². The molecule has 0 unspecified atom stereocenters. The van der Waals surface area contributed by atoms with Crippen LogP contribution < -0.4 is 0 Å². The van der Waals surface area contributed by atoms with E-state index < -0.39 is 28.9 Å². The van der Waals surface area contributed by atoms with E-state index in [1.165, 1.54) is 11.6 Å². The molecule has 6 heteroatoms. The van der Waals surface area contributed by atoms with Crippen LogP contribution in [0, 0.1) is 56.7 Å². The predicted molar refractivity (Wildman–Crippen MR) is 175 cm³/mol. The molecule has 0 spiro atoms. The van der Waals surface area contributed by atoms with Crippen molar-refractivity contribution in [1.82, 2.24) is 0 Å². The summed E-state index contributed by atoms with van der Waals surface area (Å²) in [6, 6.07) is 6.64. The number of fused-ring (bicyclic) bond motifs is 7. The maximum absolute atomic E-state index is 13.0. The lowest BCUT2D eigenvalue weighted by atomic mass is 9.33. The number of ether oxygens (including phenoxy) is 1. The molecule has 3 N–H and O–H groups in total. The van der Waals surface area contributed by atoms with Gasteiger partial charge in [0, 0.05) is 11.5 Å². The highest BCUT2D eigenvalue weighted by Gasteiger charge is 2.70. The van der Waals surface area contributed by atoms with Gasteiger partial charge in [-0.15, -0.1) is 0 Å². The third kappa shape index (κ3) is 4.66. The summed E-state index contributed by atoms with van der Waals surface area (Å²) < 4.78 is 5.87. The van der Waals surface area contributed by atoms with Gasteiger partial charge in [-0.05, 0) is 127 Å². The number of aliphatic carboxylic acids is 1. The van der Waals surface area contributed by atoms with E-state index in [9.17, 15) is 24.9 Å². The summed E-state index contributed by atoms with van der Waals surface area (Å²) in [4.78, 5) is 25.8. The fraction of sp³-hybridized carbons (Fsp3) is 0.692. The van der Waals surface area contributed by atoms with Crippen LogP contribution in [0.15, 0.2) is 42.0 Å². The zero-order chi connectivity index (χ0) is 32.6. The van der Waals surface area contributed by atoms with Gasteiger partial charge < -0.3 is 20.1 Å². The molecule has 1 aromatic rings. The third-order valence-corrected chi connectivity index (χ3v) is 15.0. The van der Waals surface area contributed by atoms with E-state index in [-0.39, 0.29) is 40.4 Å². The summed E-state index contributed by atoms with van der Waals surface area (Å²) in [7, 11) is 0. The van der Waals surface area contributed by atoms with Crippen molar-refractivity contribution in [2.24, 2.45) is 56.7 Å². The molecule has 0 amide bonds. The number of carboxylic acid groups (broad SMARTS) is 1. The molecular formula is C39H54O6. The highest BCUT2D eigenvalue weighted by atomic mass is 16.5. The van der Waals surface area contributed by atoms with Crippen LogP contribution in [0.4, 0.5) is 0 Å². The first kappa shape index (κ1) is 32.3. The van der Waals surface area contributed by atoms with Gasteiger partial charge in [-0.25, -0.2) is 4.79 Å². The molecule has 0 heterocycles. The molecule has 11 atom stereocenters. The largest absolute Gasteiger partial charge is 0.508 e. The van der Waals surface area contributed by atoms with E-state index in [1.807, 2.05) is 0 Å². The molecule has 6 rings (SSSR count). The Bertz CT molecular complexity index is 1400. The van der Waals surface area contributed by atoms with E-state index in [1.54, 1.807) is 30.3 Å². The average Bonchev–Trinajstić information content (AvgIpc) is 3.00. The minimum absolute atomic E-state index is 0.0279. The molecule has 6 nitrogen and oxygen atoms in total. The normalized spacial score (nSPS) is 45.8. The summed E-state index contributed by atoms with van der Waals surface area (Å²) in [5.41, 5.74) is 0.967. The minimum Gasteiger partial charge on any atom is -0.508 e. The molecule has 1 aromatic carbocycles. The number of benzene rings is 1. The van der Waals surface area contributed by atoms with Crippen molar-refractivity contribution < 1.29 is 29.6 Å². The Hall–Kier alpha value is -2.60. The fourth-order valence-electron chi connectivity index (χ4n) is 11.9. The fourth-order valence-corrected chi connectivity index (χ4v) is 11.9. The molecule has 0 radical (unpaired) electrons. The molecule has 5 aliphatic rings. The smallest absolute Gasteiger partial charge is 0.330 e. The van der Waals surface area contributed by atoms with E-state index in [0.717, 1.165) is 56.9 Å². The van der Waals surface area contributed by atoms with Gasteiger partial charge in [-0.3, -0.25) is 4.79 Å². The lowest BCUT2D eigenvalue weighted by Gasteiger charge is -2.71. The summed E-state index contributed by atoms with van der Waals surface area (Å²) in [5.74, 6) is 0.714. The molecule has 0 aromatic heterocycles. The Morgan fingerprint density at radius 3 is 2.33 bits per heavy atom. The van der Waals surface area contributed by atoms with Gasteiger partial charge in [0.1, 0.15) is 5.75 Å². The number of aromatic hydroxyl groups is 1. The van der Waals surface area contributed by atoms with E-state index in [0.29, 0.717) is 24.2 Å². The van der Waals surface area contributed by atoms with Crippen LogP contribution in [0.1, 0.15) is 105 Å². The number of esters is 1. The number of aliphatic hydroxyl groups is 1. The van der Waals surface area contributed by atoms with Gasteiger partial charge in [-0.2, -0.15) is 0 Å². The highest BCUT2D eigenvalue weighted by molar-refractivity contribution is 5.87. The number of rotatable bonds is 5. The number of phenolic OH excluding ortho intramolecular Hbond substituents is 1. The van der Waals surface area contributed by atoms with Crippen LogP contribution in [0.2, 0.25) is 0 Å². The lowest BCUT2D eigenvalue weighted by Crippen LogP contribution is -2.66. The standard InChI is InChI=1S/C39H54O6/c1-24-15-20-39(34(43)44)22-21-37(5)28(33(39)25(24)2)12-13-30-35(3)18-17-31(41)36(4,29(35)16-19-38(30,37)6)23-45-32(42)14-9-26-7-10-27(40)11-8-26/h7-12,14,24-25,29-31,33,40-41H,13,15-23H2,1-6H3,(H,43,44)/b14-9+/t24-,25+,29-,30-,31+,33+,35+,36-,37-,38-,39+/m1/s1. The molecule has 0 saturated heterocycles. The van der Waals surface area contributed by atoms with Crippen LogP contribution in [0.5, 0.6) is 5.75 Å². The van der Waals surface area contributed by atoms with Crippen molar-refractivity contribution in [3.05, 3.63) is 47.6 Å². The lowest BCUT2D eigenvalue weighted by molar-refractivity contribution is -0.220. The van der Waals surface area contributed by atoms with E-state index in [2.05, 4.69) is 47.6 Å². The zero-order valence-corrected chi connectivity index (χ0v) is 28.1. The SMILES string of the molecule is C[C@H]1[C@H](C)CC[C@]2(C(=O)O)CC[C@]3(C)C(=CC[C@@H]4[C@@]5(C)CC[C@H](O)[C@](C)(COC(=O)/C=C/c6ccc(O)cc6)[C@@H]5CC[C@]43C)[C@H]12. The first-order chi connectivity index (χ1) is 21.1. The number of hydrogen-bond donors (Lipinski definition) is 3. The first-order valence-corrected chi connectivity index (χ1v) is 17.4. The van der Waals surface area contributed by atoms with Crippen LogP contribution in [0.25, 0.3) is 6.08 Å². The minimum atomic E-state index is -0.643. The van der Waals surface area contributed by atoms with Crippen molar-refractivity contribution in [3.63, 3.8) is 0 Å². The average molecular weight is 619 g/mol. The highest BCUT2D eigenvalue weighted by Crippen LogP contribution is 2.75. The molecule has 45 heavy (non-hydrogen) atoms. The Morgan fingerprint density at radius 2 is 1.64 bits per heavy atom. The molecule has 0 bridgehead atoms. The maximum Gasteiger partial charge on any atom is 0.330 e. The Balaban J connectivity index is 1.28. The monoisotopic (exact) mass is 618 g/mol. The third-order valence-electron chi connectivity index (χ3n) is 15.0. The van der Waals surface area contributed by atoms with Crippen LogP contribution >= 0.6 is 0 Å². The van der Waals surface area contributed by atoms with Crippen molar-refractivity contribution in [3.8, 4) is 5.75 Å². The predicted octanol–water partition coefficient (Wildman–Crippen LogP) is 8.03. The number of carbonyl (C=O) groups excluding carboxylic acids is 1. The summed E-state index contributed by atoms with van der Waals surface area (Å²) in [5, 5.41) is 31.7. The Labute approximate surface area is 269 Å². The van der Waals surface area contributed by atoms with Gasteiger partial charge in [0.25, 0.3) is 0 Å². The van der Waals surface area contributed by atoms with Crippen LogP contribution in [-0.2, 0) is 14.3 Å². The Morgan fingerprint density at radius 1 is 0.933 bits per heavy atom. The number of carboxylic acids is 1. The van der Waals surface area contributed by atoms with Gasteiger partial charge in [0.15, 0.2) is 0 Å². The second-order valence-corrected chi connectivity index (χ2v) is 16.7. The molecular weight excluding hydrogens is 564 g/mol. The first-order valence-electron chi connectivity index (χ1n) is 17.4. The van der Waals surface area contributed by atoms with Crippen molar-refractivity contribution in [2.45, 2.75) is 105 Å². The van der Waals surface area contributed by atoms with Crippen LogP contribution in [-0.4, -0.2) is 40.0 Å². The summed E-state index contributed by atoms with van der Waals surface area (Å²) in [6.45, 7) is 14.3. The molecule has 246 valence electrons. The molecule has 4 saturated carbocycles. The van der Waals surface area contributed by atoms with Gasteiger partial charge in [-0.1, -0.05) is 65.3 Å². The van der Waals surface area contributed by atoms with Gasteiger partial charge >= 0.3 is 11.9 Å². The van der Waals surface area contributed by atoms with Gasteiger partial charge in [0.2, 0.25) is 0 Å².